The van der Waals surface area contributed by atoms with Gasteiger partial charge in [-0.05, 0) is 52.0 Å². The quantitative estimate of drug-likeness (QED) is 0.688. The minimum atomic E-state index is 0.105. The molecular weight excluding hydrogens is 174 g/mol. The Hall–Kier alpha value is -0.120. The van der Waals surface area contributed by atoms with Crippen LogP contribution in [0.1, 0.15) is 33.1 Å². The molecule has 1 rings (SSSR count). The van der Waals surface area contributed by atoms with Crippen molar-refractivity contribution >= 4 is 0 Å². The van der Waals surface area contributed by atoms with Crippen LogP contribution in [0.15, 0.2) is 0 Å². The van der Waals surface area contributed by atoms with Crippen molar-refractivity contribution in [2.75, 3.05) is 32.7 Å². The molecule has 0 aliphatic carbocycles. The molecule has 3 heteroatoms. The van der Waals surface area contributed by atoms with E-state index in [2.05, 4.69) is 24.1 Å². The Bertz CT molecular complexity index is 149. The highest BCUT2D eigenvalue weighted by Crippen LogP contribution is 2.19. The molecule has 0 amide bonds. The lowest BCUT2D eigenvalue weighted by molar-refractivity contribution is 0.225. The number of piperidine rings is 1. The number of nitrogens with two attached hydrogens (primary N) is 1. The largest absolute Gasteiger partial charge is 0.325 e. The van der Waals surface area contributed by atoms with E-state index in [-0.39, 0.29) is 5.54 Å². The second-order valence-corrected chi connectivity index (χ2v) is 4.39. The maximum absolute atomic E-state index is 6.35. The topological polar surface area (TPSA) is 41.3 Å². The Morgan fingerprint density at radius 1 is 1.21 bits per heavy atom. The summed E-state index contributed by atoms with van der Waals surface area (Å²) >= 11 is 0. The third-order valence-electron chi connectivity index (χ3n) is 3.42. The van der Waals surface area contributed by atoms with Gasteiger partial charge in [0.15, 0.2) is 0 Å². The Morgan fingerprint density at radius 3 is 2.29 bits per heavy atom. The van der Waals surface area contributed by atoms with Gasteiger partial charge in [0.1, 0.15) is 0 Å². The van der Waals surface area contributed by atoms with Crippen molar-refractivity contribution in [3.8, 4) is 0 Å². The summed E-state index contributed by atoms with van der Waals surface area (Å²) in [7, 11) is 0. The molecule has 0 spiro atoms. The Balaban J connectivity index is 2.27. The molecule has 1 heterocycles. The lowest BCUT2D eigenvalue weighted by Crippen LogP contribution is -2.50. The van der Waals surface area contributed by atoms with Crippen LogP contribution in [-0.4, -0.2) is 43.2 Å². The molecule has 0 unspecified atom stereocenters. The van der Waals surface area contributed by atoms with Crippen molar-refractivity contribution in [3.05, 3.63) is 0 Å². The monoisotopic (exact) mass is 199 g/mol. The van der Waals surface area contributed by atoms with E-state index in [1.165, 1.54) is 0 Å². The molecular formula is C11H25N3. The summed E-state index contributed by atoms with van der Waals surface area (Å²) in [4.78, 5) is 2.46. The Kier molecular flexibility index (Phi) is 4.85. The second-order valence-electron chi connectivity index (χ2n) is 4.39. The third kappa shape index (κ3) is 3.56. The van der Waals surface area contributed by atoms with Gasteiger partial charge in [-0.15, -0.1) is 0 Å². The predicted octanol–water partition coefficient (Wildman–Crippen LogP) is 0.799. The molecule has 0 radical (unpaired) electrons. The molecule has 84 valence electrons. The molecule has 0 aromatic rings. The van der Waals surface area contributed by atoms with Crippen LogP contribution >= 0.6 is 0 Å². The maximum Gasteiger partial charge on any atom is 0.0190 e. The van der Waals surface area contributed by atoms with E-state index in [9.17, 15) is 0 Å². The first-order valence-corrected chi connectivity index (χ1v) is 5.92. The fourth-order valence-corrected chi connectivity index (χ4v) is 2.10. The van der Waals surface area contributed by atoms with E-state index < -0.39 is 0 Å². The normalized spacial score (nSPS) is 21.4. The van der Waals surface area contributed by atoms with Gasteiger partial charge in [-0.25, -0.2) is 0 Å². The highest BCUT2D eigenvalue weighted by molar-refractivity contribution is 4.89. The summed E-state index contributed by atoms with van der Waals surface area (Å²) < 4.78 is 0. The molecule has 3 nitrogen and oxygen atoms in total. The molecule has 1 saturated heterocycles. The number of nitrogens with zero attached hydrogens (tertiary/aromatic N) is 1. The fraction of sp³-hybridized carbons (Fsp3) is 1.00. The molecule has 14 heavy (non-hydrogen) atoms. The van der Waals surface area contributed by atoms with E-state index in [1.807, 2.05) is 0 Å². The van der Waals surface area contributed by atoms with Crippen LogP contribution in [0, 0.1) is 0 Å². The van der Waals surface area contributed by atoms with Gasteiger partial charge in [0.2, 0.25) is 0 Å². The minimum Gasteiger partial charge on any atom is -0.325 e. The van der Waals surface area contributed by atoms with Gasteiger partial charge in [0.25, 0.3) is 0 Å². The smallest absolute Gasteiger partial charge is 0.0190 e. The van der Waals surface area contributed by atoms with Crippen LogP contribution < -0.4 is 11.1 Å². The number of rotatable bonds is 5. The average Bonchev–Trinajstić information content (AvgIpc) is 2.20. The molecule has 0 aromatic carbocycles. The molecule has 1 aliphatic heterocycles. The van der Waals surface area contributed by atoms with Crippen molar-refractivity contribution in [1.29, 1.82) is 0 Å². The first-order valence-electron chi connectivity index (χ1n) is 5.92. The molecule has 1 fully saturated rings. The summed E-state index contributed by atoms with van der Waals surface area (Å²) in [6.07, 6.45) is 3.42. The van der Waals surface area contributed by atoms with Gasteiger partial charge in [-0.2, -0.15) is 0 Å². The maximum atomic E-state index is 6.35. The van der Waals surface area contributed by atoms with Gasteiger partial charge in [-0.1, -0.05) is 13.8 Å². The van der Waals surface area contributed by atoms with Crippen LogP contribution in [0.5, 0.6) is 0 Å². The van der Waals surface area contributed by atoms with Crippen molar-refractivity contribution in [3.63, 3.8) is 0 Å². The average molecular weight is 199 g/mol. The summed E-state index contributed by atoms with van der Waals surface area (Å²) in [5, 5.41) is 3.36. The second kappa shape index (κ2) is 5.69. The third-order valence-corrected chi connectivity index (χ3v) is 3.42. The van der Waals surface area contributed by atoms with Crippen molar-refractivity contribution in [2.45, 2.75) is 38.6 Å². The van der Waals surface area contributed by atoms with Crippen LogP contribution in [0.2, 0.25) is 0 Å². The zero-order valence-electron chi connectivity index (χ0n) is 9.68. The van der Waals surface area contributed by atoms with E-state index in [4.69, 9.17) is 5.73 Å². The SMILES string of the molecule is CCN(CC)CCC1(N)CCNCC1. The van der Waals surface area contributed by atoms with E-state index in [0.29, 0.717) is 0 Å². The first-order chi connectivity index (χ1) is 6.70. The van der Waals surface area contributed by atoms with Crippen LogP contribution in [0.3, 0.4) is 0 Å². The van der Waals surface area contributed by atoms with Crippen molar-refractivity contribution < 1.29 is 0 Å². The number of nitrogens with one attached hydrogen (secondary N) is 1. The zero-order chi connectivity index (χ0) is 10.4. The zero-order valence-corrected chi connectivity index (χ0v) is 9.68. The molecule has 0 saturated carbocycles. The lowest BCUT2D eigenvalue weighted by Gasteiger charge is -2.35. The molecule has 3 N–H and O–H groups in total. The standard InChI is InChI=1S/C11H25N3/c1-3-14(4-2)10-7-11(12)5-8-13-9-6-11/h13H,3-10,12H2,1-2H3. The fourth-order valence-electron chi connectivity index (χ4n) is 2.10. The van der Waals surface area contributed by atoms with Crippen molar-refractivity contribution in [2.24, 2.45) is 5.73 Å². The summed E-state index contributed by atoms with van der Waals surface area (Å²) in [6.45, 7) is 10.1. The highest BCUT2D eigenvalue weighted by Gasteiger charge is 2.26. The minimum absolute atomic E-state index is 0.105. The van der Waals surface area contributed by atoms with Crippen LogP contribution in [-0.2, 0) is 0 Å². The van der Waals surface area contributed by atoms with E-state index in [1.54, 1.807) is 0 Å². The van der Waals surface area contributed by atoms with E-state index in [0.717, 1.165) is 52.0 Å². The van der Waals surface area contributed by atoms with E-state index >= 15 is 0 Å². The number of hydrogen-bond donors (Lipinski definition) is 2. The molecule has 0 aromatic heterocycles. The molecule has 1 aliphatic rings. The predicted molar refractivity (Wildman–Crippen MR) is 61.4 cm³/mol. The van der Waals surface area contributed by atoms with Crippen LogP contribution in [0.25, 0.3) is 0 Å². The number of hydrogen-bond acceptors (Lipinski definition) is 3. The summed E-state index contributed by atoms with van der Waals surface area (Å²) in [5.41, 5.74) is 6.46. The molecule has 0 bridgehead atoms. The van der Waals surface area contributed by atoms with Gasteiger partial charge >= 0.3 is 0 Å². The lowest BCUT2D eigenvalue weighted by atomic mass is 9.86. The highest BCUT2D eigenvalue weighted by atomic mass is 15.1. The first kappa shape index (κ1) is 12.0. The van der Waals surface area contributed by atoms with Crippen LogP contribution in [0.4, 0.5) is 0 Å². The van der Waals surface area contributed by atoms with Crippen molar-refractivity contribution in [1.82, 2.24) is 10.2 Å². The van der Waals surface area contributed by atoms with Gasteiger partial charge < -0.3 is 16.0 Å². The van der Waals surface area contributed by atoms with Gasteiger partial charge in [0.05, 0.1) is 0 Å². The summed E-state index contributed by atoms with van der Waals surface area (Å²) in [5.74, 6) is 0. The molecule has 0 atom stereocenters. The van der Waals surface area contributed by atoms with Gasteiger partial charge in [-0.3, -0.25) is 0 Å². The van der Waals surface area contributed by atoms with Gasteiger partial charge in [0, 0.05) is 5.54 Å². The Labute approximate surface area is 88.0 Å². The summed E-state index contributed by atoms with van der Waals surface area (Å²) in [6, 6.07) is 0. The Morgan fingerprint density at radius 2 is 1.79 bits per heavy atom.